The Morgan fingerprint density at radius 3 is 2.75 bits per heavy atom. The predicted molar refractivity (Wildman–Crippen MR) is 85.6 cm³/mol. The van der Waals surface area contributed by atoms with Crippen molar-refractivity contribution in [1.82, 2.24) is 14.9 Å². The molecule has 0 amide bonds. The predicted octanol–water partition coefficient (Wildman–Crippen LogP) is 3.17. The van der Waals surface area contributed by atoms with Gasteiger partial charge < -0.3 is 10.2 Å². The minimum atomic E-state index is 0.802. The maximum Gasteiger partial charge on any atom is 0.130 e. The molecule has 20 heavy (non-hydrogen) atoms. The lowest BCUT2D eigenvalue weighted by atomic mass is 10.2. The van der Waals surface area contributed by atoms with Gasteiger partial charge in [-0.25, -0.2) is 9.97 Å². The number of hydrogen-bond donors (Lipinski definition) is 1. The molecule has 1 heterocycles. The average molecular weight is 335 g/mol. The highest BCUT2D eigenvalue weighted by atomic mass is 79.9. The van der Waals surface area contributed by atoms with E-state index in [1.54, 1.807) is 6.33 Å². The molecule has 1 aromatic heterocycles. The fourth-order valence-corrected chi connectivity index (χ4v) is 2.28. The number of halogens is 1. The minimum Gasteiger partial charge on any atom is -0.370 e. The van der Waals surface area contributed by atoms with Crippen LogP contribution < -0.4 is 5.32 Å². The van der Waals surface area contributed by atoms with Gasteiger partial charge in [-0.1, -0.05) is 30.3 Å². The molecule has 1 aromatic carbocycles. The molecule has 0 aliphatic carbocycles. The van der Waals surface area contributed by atoms with E-state index in [1.165, 1.54) is 5.56 Å². The van der Waals surface area contributed by atoms with Gasteiger partial charge in [0.15, 0.2) is 0 Å². The summed E-state index contributed by atoms with van der Waals surface area (Å²) in [4.78, 5) is 10.5. The molecule has 2 aromatic rings. The first kappa shape index (κ1) is 14.9. The zero-order valence-electron chi connectivity index (χ0n) is 11.6. The largest absolute Gasteiger partial charge is 0.370 e. The van der Waals surface area contributed by atoms with Gasteiger partial charge in [-0.05, 0) is 41.5 Å². The average Bonchev–Trinajstić information content (AvgIpc) is 2.45. The smallest absolute Gasteiger partial charge is 0.130 e. The van der Waals surface area contributed by atoms with Gasteiger partial charge >= 0.3 is 0 Å². The summed E-state index contributed by atoms with van der Waals surface area (Å²) in [5, 5.41) is 3.30. The molecule has 0 radical (unpaired) electrons. The number of rotatable bonds is 7. The first-order chi connectivity index (χ1) is 9.74. The second-order valence-corrected chi connectivity index (χ2v) is 5.54. The standard InChI is InChI=1S/C15H19BrN4/c1-20(11-13-6-3-2-4-7-13)9-5-8-17-15-10-14(16)18-12-19-15/h2-4,6-7,10,12H,5,8-9,11H2,1H3,(H,17,18,19). The Hall–Kier alpha value is -1.46. The van der Waals surface area contributed by atoms with Crippen molar-refractivity contribution in [3.8, 4) is 0 Å². The number of benzene rings is 1. The lowest BCUT2D eigenvalue weighted by Gasteiger charge is -2.16. The van der Waals surface area contributed by atoms with Crippen LogP contribution in [-0.4, -0.2) is 35.0 Å². The highest BCUT2D eigenvalue weighted by Gasteiger charge is 2.00. The summed E-state index contributed by atoms with van der Waals surface area (Å²) in [5.74, 6) is 0.859. The third kappa shape index (κ3) is 5.27. The quantitative estimate of drug-likeness (QED) is 0.623. The normalized spacial score (nSPS) is 10.8. The van der Waals surface area contributed by atoms with Crippen LogP contribution in [0.25, 0.3) is 0 Å². The van der Waals surface area contributed by atoms with Crippen LogP contribution in [0.3, 0.4) is 0 Å². The molecule has 0 bridgehead atoms. The summed E-state index contributed by atoms with van der Waals surface area (Å²) in [6.45, 7) is 2.94. The number of aromatic nitrogens is 2. The van der Waals surface area contributed by atoms with Crippen molar-refractivity contribution in [1.29, 1.82) is 0 Å². The summed E-state index contributed by atoms with van der Waals surface area (Å²) in [6.07, 6.45) is 2.62. The highest BCUT2D eigenvalue weighted by Crippen LogP contribution is 2.09. The second-order valence-electron chi connectivity index (χ2n) is 4.73. The number of hydrogen-bond acceptors (Lipinski definition) is 4. The van der Waals surface area contributed by atoms with E-state index in [-0.39, 0.29) is 0 Å². The van der Waals surface area contributed by atoms with Crippen LogP contribution in [0.5, 0.6) is 0 Å². The Labute approximate surface area is 128 Å². The van der Waals surface area contributed by atoms with Crippen molar-refractivity contribution >= 4 is 21.7 Å². The van der Waals surface area contributed by atoms with Crippen molar-refractivity contribution in [2.75, 3.05) is 25.5 Å². The molecule has 0 atom stereocenters. The summed E-state index contributed by atoms with van der Waals surface area (Å²) >= 11 is 3.33. The minimum absolute atomic E-state index is 0.802. The maximum atomic E-state index is 4.16. The highest BCUT2D eigenvalue weighted by molar-refractivity contribution is 9.10. The summed E-state index contributed by atoms with van der Waals surface area (Å²) in [7, 11) is 2.15. The molecule has 0 aliphatic rings. The molecule has 2 rings (SSSR count). The van der Waals surface area contributed by atoms with Gasteiger partial charge in [0.25, 0.3) is 0 Å². The molecule has 106 valence electrons. The van der Waals surface area contributed by atoms with E-state index in [0.29, 0.717) is 0 Å². The molecule has 1 N–H and O–H groups in total. The van der Waals surface area contributed by atoms with Gasteiger partial charge in [-0.15, -0.1) is 0 Å². The Balaban J connectivity index is 1.66. The van der Waals surface area contributed by atoms with Crippen molar-refractivity contribution in [2.24, 2.45) is 0 Å². The van der Waals surface area contributed by atoms with Gasteiger partial charge in [0.1, 0.15) is 16.7 Å². The summed E-state index contributed by atoms with van der Waals surface area (Å²) in [5.41, 5.74) is 1.35. The molecule has 0 spiro atoms. The number of anilines is 1. The van der Waals surface area contributed by atoms with Crippen LogP contribution in [0.1, 0.15) is 12.0 Å². The van der Waals surface area contributed by atoms with Crippen LogP contribution in [0.15, 0.2) is 47.3 Å². The van der Waals surface area contributed by atoms with Crippen molar-refractivity contribution in [3.05, 3.63) is 52.9 Å². The van der Waals surface area contributed by atoms with Gasteiger partial charge in [0.05, 0.1) is 0 Å². The third-order valence-electron chi connectivity index (χ3n) is 2.95. The van der Waals surface area contributed by atoms with Crippen molar-refractivity contribution < 1.29 is 0 Å². The Morgan fingerprint density at radius 2 is 2.00 bits per heavy atom. The summed E-state index contributed by atoms with van der Waals surface area (Å²) < 4.78 is 0.802. The zero-order valence-corrected chi connectivity index (χ0v) is 13.2. The van der Waals surface area contributed by atoms with E-state index in [0.717, 1.165) is 36.5 Å². The van der Waals surface area contributed by atoms with E-state index in [4.69, 9.17) is 0 Å². The first-order valence-corrected chi connectivity index (χ1v) is 7.47. The molecule has 4 nitrogen and oxygen atoms in total. The SMILES string of the molecule is CN(CCCNc1cc(Br)ncn1)Cc1ccccc1. The van der Waals surface area contributed by atoms with Crippen LogP contribution >= 0.6 is 15.9 Å². The molecule has 5 heteroatoms. The van der Waals surface area contributed by atoms with Crippen molar-refractivity contribution in [3.63, 3.8) is 0 Å². The Bertz CT molecular complexity index is 518. The lowest BCUT2D eigenvalue weighted by Crippen LogP contribution is -2.21. The second kappa shape index (κ2) is 7.97. The topological polar surface area (TPSA) is 41.0 Å². The first-order valence-electron chi connectivity index (χ1n) is 6.68. The molecule has 0 fully saturated rings. The van der Waals surface area contributed by atoms with E-state index < -0.39 is 0 Å². The molecular formula is C15H19BrN4. The fraction of sp³-hybridized carbons (Fsp3) is 0.333. The molecule has 0 aliphatic heterocycles. The van der Waals surface area contributed by atoms with E-state index in [9.17, 15) is 0 Å². The lowest BCUT2D eigenvalue weighted by molar-refractivity contribution is 0.325. The van der Waals surface area contributed by atoms with Gasteiger partial charge in [0, 0.05) is 19.2 Å². The maximum absolute atomic E-state index is 4.16. The Morgan fingerprint density at radius 1 is 1.20 bits per heavy atom. The van der Waals surface area contributed by atoms with Gasteiger partial charge in [-0.3, -0.25) is 0 Å². The van der Waals surface area contributed by atoms with Crippen LogP contribution in [0.4, 0.5) is 5.82 Å². The number of nitrogens with one attached hydrogen (secondary N) is 1. The van der Waals surface area contributed by atoms with E-state index in [2.05, 4.69) is 67.4 Å². The molecule has 0 unspecified atom stereocenters. The zero-order chi connectivity index (χ0) is 14.2. The van der Waals surface area contributed by atoms with E-state index in [1.807, 2.05) is 12.1 Å². The van der Waals surface area contributed by atoms with Gasteiger partial charge in [0.2, 0.25) is 0 Å². The number of nitrogens with zero attached hydrogens (tertiary/aromatic N) is 3. The fourth-order valence-electron chi connectivity index (χ4n) is 1.97. The van der Waals surface area contributed by atoms with Crippen molar-refractivity contribution in [2.45, 2.75) is 13.0 Å². The third-order valence-corrected chi connectivity index (χ3v) is 3.39. The monoisotopic (exact) mass is 334 g/mol. The van der Waals surface area contributed by atoms with Crippen LogP contribution in [0.2, 0.25) is 0 Å². The Kier molecular flexibility index (Phi) is 5.95. The van der Waals surface area contributed by atoms with E-state index >= 15 is 0 Å². The van der Waals surface area contributed by atoms with Gasteiger partial charge in [-0.2, -0.15) is 0 Å². The summed E-state index contributed by atoms with van der Waals surface area (Å²) in [6, 6.07) is 12.4. The molecular weight excluding hydrogens is 316 g/mol. The molecule has 0 saturated heterocycles. The molecule has 0 saturated carbocycles. The van der Waals surface area contributed by atoms with Crippen LogP contribution in [-0.2, 0) is 6.54 Å². The van der Waals surface area contributed by atoms with Crippen LogP contribution in [0, 0.1) is 0 Å².